The van der Waals surface area contributed by atoms with Crippen molar-refractivity contribution in [3.05, 3.63) is 34.9 Å². The molecular weight excluding hydrogens is 304 g/mol. The van der Waals surface area contributed by atoms with E-state index in [9.17, 15) is 9.59 Å². The number of hydrogen-bond donors (Lipinski definition) is 0. The topological polar surface area (TPSA) is 49.9 Å². The molecule has 2 aliphatic rings. The van der Waals surface area contributed by atoms with E-state index >= 15 is 0 Å². The summed E-state index contributed by atoms with van der Waals surface area (Å²) < 4.78 is 6.07. The summed E-state index contributed by atoms with van der Waals surface area (Å²) in [7, 11) is 0. The van der Waals surface area contributed by atoms with Gasteiger partial charge in [0.2, 0.25) is 11.8 Å². The van der Waals surface area contributed by atoms with E-state index in [2.05, 4.69) is 43.9 Å². The molecule has 130 valence electrons. The van der Waals surface area contributed by atoms with Crippen molar-refractivity contribution < 1.29 is 14.3 Å². The first-order chi connectivity index (χ1) is 11.5. The van der Waals surface area contributed by atoms with Crippen LogP contribution in [0.5, 0.6) is 0 Å². The van der Waals surface area contributed by atoms with Crippen LogP contribution >= 0.6 is 0 Å². The second-order valence-electron chi connectivity index (χ2n) is 6.97. The molecule has 2 amide bonds. The molecule has 0 aliphatic carbocycles. The molecule has 2 heterocycles. The second kappa shape index (κ2) is 7.03. The molecule has 2 atom stereocenters. The van der Waals surface area contributed by atoms with Gasteiger partial charge in [-0.1, -0.05) is 23.8 Å². The summed E-state index contributed by atoms with van der Waals surface area (Å²) in [5.74, 6) is -0.0704. The van der Waals surface area contributed by atoms with E-state index in [0.717, 1.165) is 6.54 Å². The molecule has 2 fully saturated rings. The zero-order chi connectivity index (χ0) is 17.3. The normalized spacial score (nSPS) is 25.5. The van der Waals surface area contributed by atoms with Crippen LogP contribution in [0, 0.1) is 13.8 Å². The smallest absolute Gasteiger partial charge is 0.229 e. The lowest BCUT2D eigenvalue weighted by molar-refractivity contribution is -0.139. The third-order valence-corrected chi connectivity index (χ3v) is 5.11. The van der Waals surface area contributed by atoms with Gasteiger partial charge in [0.25, 0.3) is 0 Å². The Balaban J connectivity index is 1.66. The Morgan fingerprint density at radius 1 is 1.12 bits per heavy atom. The lowest BCUT2D eigenvalue weighted by atomic mass is 9.99. The molecule has 0 unspecified atom stereocenters. The number of hydrogen-bond acceptors (Lipinski definition) is 4. The van der Waals surface area contributed by atoms with Gasteiger partial charge in [0.1, 0.15) is 0 Å². The fourth-order valence-corrected chi connectivity index (χ4v) is 3.51. The molecule has 5 heteroatoms. The van der Waals surface area contributed by atoms with Crippen LogP contribution < -0.4 is 0 Å². The lowest BCUT2D eigenvalue weighted by Crippen LogP contribution is -2.48. The van der Waals surface area contributed by atoms with Crippen LogP contribution in [0.2, 0.25) is 0 Å². The molecule has 0 saturated carbocycles. The molecule has 24 heavy (non-hydrogen) atoms. The molecule has 1 aromatic carbocycles. The predicted molar refractivity (Wildman–Crippen MR) is 91.6 cm³/mol. The van der Waals surface area contributed by atoms with Crippen molar-refractivity contribution in [3.8, 4) is 0 Å². The van der Waals surface area contributed by atoms with E-state index in [-0.39, 0.29) is 17.9 Å². The van der Waals surface area contributed by atoms with Crippen LogP contribution in [0.15, 0.2) is 18.2 Å². The monoisotopic (exact) mass is 330 g/mol. The highest BCUT2D eigenvalue weighted by Crippen LogP contribution is 2.28. The molecule has 2 aliphatic heterocycles. The van der Waals surface area contributed by atoms with Gasteiger partial charge in [-0.25, -0.2) is 0 Å². The highest BCUT2D eigenvalue weighted by Gasteiger charge is 2.32. The molecule has 0 aromatic heterocycles. The van der Waals surface area contributed by atoms with Gasteiger partial charge in [-0.15, -0.1) is 0 Å². The molecule has 0 radical (unpaired) electrons. The number of benzene rings is 1. The Labute approximate surface area is 143 Å². The van der Waals surface area contributed by atoms with Gasteiger partial charge in [-0.05, 0) is 31.9 Å². The Morgan fingerprint density at radius 2 is 1.83 bits per heavy atom. The van der Waals surface area contributed by atoms with E-state index in [0.29, 0.717) is 38.6 Å². The van der Waals surface area contributed by atoms with Crippen LogP contribution in [0.25, 0.3) is 0 Å². The summed E-state index contributed by atoms with van der Waals surface area (Å²) in [6.07, 6.45) is 0.775. The summed E-state index contributed by atoms with van der Waals surface area (Å²) >= 11 is 0. The number of nitrogens with zero attached hydrogens (tertiary/aromatic N) is 2. The molecule has 2 saturated heterocycles. The van der Waals surface area contributed by atoms with Gasteiger partial charge in [0.15, 0.2) is 0 Å². The van der Waals surface area contributed by atoms with Crippen molar-refractivity contribution in [1.29, 1.82) is 0 Å². The number of imide groups is 1. The van der Waals surface area contributed by atoms with E-state index in [1.165, 1.54) is 21.6 Å². The fourth-order valence-electron chi connectivity index (χ4n) is 3.51. The van der Waals surface area contributed by atoms with Gasteiger partial charge in [-0.3, -0.25) is 19.4 Å². The molecule has 0 N–H and O–H groups in total. The third kappa shape index (κ3) is 3.52. The average Bonchev–Trinajstić information content (AvgIpc) is 2.88. The van der Waals surface area contributed by atoms with Gasteiger partial charge in [-0.2, -0.15) is 0 Å². The van der Waals surface area contributed by atoms with Gasteiger partial charge in [0, 0.05) is 38.5 Å². The van der Waals surface area contributed by atoms with Crippen molar-refractivity contribution in [2.24, 2.45) is 0 Å². The molecule has 0 spiro atoms. The number of likely N-dealkylation sites (tertiary alicyclic amines) is 1. The van der Waals surface area contributed by atoms with Crippen LogP contribution in [-0.2, 0) is 14.3 Å². The van der Waals surface area contributed by atoms with Crippen LogP contribution in [-0.4, -0.2) is 53.9 Å². The highest BCUT2D eigenvalue weighted by atomic mass is 16.5. The van der Waals surface area contributed by atoms with Crippen LogP contribution in [0.4, 0.5) is 0 Å². The Morgan fingerprint density at radius 3 is 2.54 bits per heavy atom. The van der Waals surface area contributed by atoms with Gasteiger partial charge >= 0.3 is 0 Å². The van der Waals surface area contributed by atoms with E-state index < -0.39 is 0 Å². The fraction of sp³-hybridized carbons (Fsp3) is 0.579. The summed E-state index contributed by atoms with van der Waals surface area (Å²) in [6.45, 7) is 9.00. The lowest BCUT2D eigenvalue weighted by Gasteiger charge is -2.39. The van der Waals surface area contributed by atoms with Gasteiger partial charge in [0.05, 0.1) is 12.7 Å². The number of morpholine rings is 1. The molecule has 3 rings (SSSR count). The quantitative estimate of drug-likeness (QED) is 0.794. The van der Waals surface area contributed by atoms with Crippen molar-refractivity contribution in [2.45, 2.75) is 45.8 Å². The number of rotatable bonds is 4. The summed E-state index contributed by atoms with van der Waals surface area (Å²) in [4.78, 5) is 27.3. The number of carbonyl (C=O) groups excluding carboxylic acids is 2. The number of amides is 2. The zero-order valence-corrected chi connectivity index (χ0v) is 14.7. The second-order valence-corrected chi connectivity index (χ2v) is 6.97. The maximum absolute atomic E-state index is 11.8. The minimum absolute atomic E-state index is 0.0352. The van der Waals surface area contributed by atoms with Crippen molar-refractivity contribution in [2.75, 3.05) is 26.2 Å². The van der Waals surface area contributed by atoms with E-state index in [1.54, 1.807) is 0 Å². The zero-order valence-electron chi connectivity index (χ0n) is 14.7. The van der Waals surface area contributed by atoms with Gasteiger partial charge < -0.3 is 4.74 Å². The maximum Gasteiger partial charge on any atom is 0.229 e. The first kappa shape index (κ1) is 17.1. The standard InChI is InChI=1S/C19H26N2O3/c1-13-4-5-14(2)16(10-13)17-11-20(15(3)12-24-17)8-9-21-18(22)6-7-19(21)23/h4-5,10,15,17H,6-9,11-12H2,1-3H3/t15-,17-/m0/s1. The number of aryl methyl sites for hydroxylation is 2. The third-order valence-electron chi connectivity index (χ3n) is 5.11. The minimum atomic E-state index is -0.0352. The van der Waals surface area contributed by atoms with E-state index in [4.69, 9.17) is 4.74 Å². The summed E-state index contributed by atoms with van der Waals surface area (Å²) in [5.41, 5.74) is 3.71. The average molecular weight is 330 g/mol. The SMILES string of the molecule is Cc1ccc(C)c([C@@H]2CN(CCN3C(=O)CCC3=O)[C@@H](C)CO2)c1. The van der Waals surface area contributed by atoms with Crippen LogP contribution in [0.1, 0.15) is 42.6 Å². The van der Waals surface area contributed by atoms with Crippen LogP contribution in [0.3, 0.4) is 0 Å². The van der Waals surface area contributed by atoms with E-state index in [1.807, 2.05) is 0 Å². The first-order valence-corrected chi connectivity index (χ1v) is 8.71. The predicted octanol–water partition coefficient (Wildman–Crippen LogP) is 2.21. The number of ether oxygens (including phenoxy) is 1. The maximum atomic E-state index is 11.8. The summed E-state index contributed by atoms with van der Waals surface area (Å²) in [5, 5.41) is 0. The molecular formula is C19H26N2O3. The largest absolute Gasteiger partial charge is 0.371 e. The Hall–Kier alpha value is -1.72. The molecule has 5 nitrogen and oxygen atoms in total. The Bertz CT molecular complexity index is 627. The molecule has 0 bridgehead atoms. The van der Waals surface area contributed by atoms with Crippen molar-refractivity contribution >= 4 is 11.8 Å². The Kier molecular flexibility index (Phi) is 5.01. The minimum Gasteiger partial charge on any atom is -0.371 e. The highest BCUT2D eigenvalue weighted by molar-refractivity contribution is 6.01. The first-order valence-electron chi connectivity index (χ1n) is 8.71. The number of carbonyl (C=O) groups is 2. The summed E-state index contributed by atoms with van der Waals surface area (Å²) in [6, 6.07) is 6.74. The van der Waals surface area contributed by atoms with Crippen molar-refractivity contribution in [1.82, 2.24) is 9.80 Å². The van der Waals surface area contributed by atoms with Crippen molar-refractivity contribution in [3.63, 3.8) is 0 Å². The molecule has 1 aromatic rings.